The Balaban J connectivity index is 0.00000208. The van der Waals surface area contributed by atoms with E-state index in [-0.39, 0.29) is 30.4 Å². The van der Waals surface area contributed by atoms with Gasteiger partial charge in [-0.1, -0.05) is 31.2 Å². The average molecular weight is 349 g/mol. The maximum atomic E-state index is 12.3. The van der Waals surface area contributed by atoms with Crippen LogP contribution in [0.4, 0.5) is 0 Å². The van der Waals surface area contributed by atoms with Gasteiger partial charge in [0.1, 0.15) is 5.76 Å². The molecule has 4 nitrogen and oxygen atoms in total. The fourth-order valence-corrected chi connectivity index (χ4v) is 3.04. The third kappa shape index (κ3) is 4.40. The molecular weight excluding hydrogens is 324 g/mol. The van der Waals surface area contributed by atoms with Crippen LogP contribution in [-0.4, -0.2) is 18.0 Å². The molecule has 3 rings (SSSR count). The Bertz CT molecular complexity index is 658. The molecule has 1 fully saturated rings. The van der Waals surface area contributed by atoms with Gasteiger partial charge >= 0.3 is 0 Å². The van der Waals surface area contributed by atoms with E-state index in [1.165, 1.54) is 5.56 Å². The van der Waals surface area contributed by atoms with E-state index in [4.69, 9.17) is 10.2 Å². The number of nitrogens with two attached hydrogens (primary N) is 1. The van der Waals surface area contributed by atoms with Crippen molar-refractivity contribution < 1.29 is 9.21 Å². The Labute approximate surface area is 149 Å². The second-order valence-electron chi connectivity index (χ2n) is 6.30. The van der Waals surface area contributed by atoms with Crippen LogP contribution in [0.25, 0.3) is 11.3 Å². The van der Waals surface area contributed by atoms with Crippen LogP contribution in [0.3, 0.4) is 0 Å². The van der Waals surface area contributed by atoms with Gasteiger partial charge in [0.2, 0.25) is 0 Å². The summed E-state index contributed by atoms with van der Waals surface area (Å²) in [5.74, 6) is 0.958. The summed E-state index contributed by atoms with van der Waals surface area (Å²) in [5.41, 5.74) is 8.17. The summed E-state index contributed by atoms with van der Waals surface area (Å²) in [5, 5.41) is 3.05. The van der Waals surface area contributed by atoms with Crippen molar-refractivity contribution in [2.24, 2.45) is 5.73 Å². The van der Waals surface area contributed by atoms with Gasteiger partial charge in [0, 0.05) is 17.6 Å². The standard InChI is InChI=1S/C19H24N2O2.ClH/c1-2-13-3-5-14(6-4-13)17-11-12-18(23-17)19(22)21-16-9-7-15(20)8-10-16;/h3-6,11-12,15-16H,2,7-10,20H2,1H3,(H,21,22);1H. The third-order valence-electron chi connectivity index (χ3n) is 4.58. The van der Waals surface area contributed by atoms with E-state index in [2.05, 4.69) is 24.4 Å². The van der Waals surface area contributed by atoms with E-state index < -0.39 is 0 Å². The molecule has 1 aliphatic rings. The van der Waals surface area contributed by atoms with E-state index in [9.17, 15) is 4.79 Å². The molecule has 1 aromatic heterocycles. The van der Waals surface area contributed by atoms with Crippen molar-refractivity contribution in [3.8, 4) is 11.3 Å². The van der Waals surface area contributed by atoms with Crippen LogP contribution >= 0.6 is 12.4 Å². The zero-order valence-electron chi connectivity index (χ0n) is 14.0. The molecule has 3 N–H and O–H groups in total. The topological polar surface area (TPSA) is 68.3 Å². The Kier molecular flexibility index (Phi) is 6.46. The van der Waals surface area contributed by atoms with Crippen LogP contribution < -0.4 is 11.1 Å². The molecule has 1 saturated carbocycles. The van der Waals surface area contributed by atoms with Crippen LogP contribution in [0.5, 0.6) is 0 Å². The predicted octanol–water partition coefficient (Wildman–Crippen LogP) is 3.93. The van der Waals surface area contributed by atoms with Crippen molar-refractivity contribution in [1.29, 1.82) is 0 Å². The first-order valence-electron chi connectivity index (χ1n) is 8.41. The van der Waals surface area contributed by atoms with Crippen molar-refractivity contribution in [3.05, 3.63) is 47.7 Å². The number of carbonyl (C=O) groups excluding carboxylic acids is 1. The molecule has 0 atom stereocenters. The molecular formula is C19H25ClN2O2. The SMILES string of the molecule is CCc1ccc(-c2ccc(C(=O)NC3CCC(N)CC3)o2)cc1.Cl. The lowest BCUT2D eigenvalue weighted by Crippen LogP contribution is -2.40. The number of rotatable bonds is 4. The highest BCUT2D eigenvalue weighted by Gasteiger charge is 2.22. The molecule has 130 valence electrons. The fraction of sp³-hybridized carbons (Fsp3) is 0.421. The highest BCUT2D eigenvalue weighted by molar-refractivity contribution is 5.92. The smallest absolute Gasteiger partial charge is 0.287 e. The van der Waals surface area contributed by atoms with E-state index >= 15 is 0 Å². The average Bonchev–Trinajstić information content (AvgIpc) is 3.07. The van der Waals surface area contributed by atoms with Gasteiger partial charge in [-0.3, -0.25) is 4.79 Å². The normalized spacial score (nSPS) is 20.2. The molecule has 1 aliphatic carbocycles. The summed E-state index contributed by atoms with van der Waals surface area (Å²) in [6.45, 7) is 2.13. The molecule has 1 aromatic carbocycles. The van der Waals surface area contributed by atoms with Crippen LogP contribution in [0.1, 0.15) is 48.7 Å². The van der Waals surface area contributed by atoms with Crippen LogP contribution in [0.15, 0.2) is 40.8 Å². The number of nitrogens with one attached hydrogen (secondary N) is 1. The summed E-state index contributed by atoms with van der Waals surface area (Å²) in [7, 11) is 0. The van der Waals surface area contributed by atoms with Gasteiger partial charge in [-0.2, -0.15) is 0 Å². The van der Waals surface area contributed by atoms with Crippen molar-refractivity contribution in [2.45, 2.75) is 51.1 Å². The highest BCUT2D eigenvalue weighted by atomic mass is 35.5. The second kappa shape index (κ2) is 8.36. The summed E-state index contributed by atoms with van der Waals surface area (Å²) < 4.78 is 5.73. The lowest BCUT2D eigenvalue weighted by Gasteiger charge is -2.26. The molecule has 1 amide bonds. The summed E-state index contributed by atoms with van der Waals surface area (Å²) >= 11 is 0. The van der Waals surface area contributed by atoms with Gasteiger partial charge in [0.05, 0.1) is 0 Å². The van der Waals surface area contributed by atoms with Gasteiger partial charge in [-0.25, -0.2) is 0 Å². The minimum atomic E-state index is -0.137. The van der Waals surface area contributed by atoms with Crippen molar-refractivity contribution >= 4 is 18.3 Å². The predicted molar refractivity (Wildman–Crippen MR) is 98.5 cm³/mol. The van der Waals surface area contributed by atoms with Crippen molar-refractivity contribution in [2.75, 3.05) is 0 Å². The molecule has 0 saturated heterocycles. The van der Waals surface area contributed by atoms with Crippen LogP contribution in [-0.2, 0) is 6.42 Å². The van der Waals surface area contributed by atoms with Gasteiger partial charge in [0.15, 0.2) is 5.76 Å². The fourth-order valence-electron chi connectivity index (χ4n) is 3.04. The Morgan fingerprint density at radius 2 is 1.79 bits per heavy atom. The van der Waals surface area contributed by atoms with E-state index in [1.807, 2.05) is 18.2 Å². The zero-order valence-corrected chi connectivity index (χ0v) is 14.8. The molecule has 24 heavy (non-hydrogen) atoms. The van der Waals surface area contributed by atoms with Gasteiger partial charge in [-0.05, 0) is 49.8 Å². The van der Waals surface area contributed by atoms with Gasteiger partial charge < -0.3 is 15.5 Å². The van der Waals surface area contributed by atoms with Crippen LogP contribution in [0, 0.1) is 0 Å². The minimum Gasteiger partial charge on any atom is -0.451 e. The highest BCUT2D eigenvalue weighted by Crippen LogP contribution is 2.23. The molecule has 1 heterocycles. The van der Waals surface area contributed by atoms with Gasteiger partial charge in [-0.15, -0.1) is 12.4 Å². The molecule has 0 spiro atoms. The van der Waals surface area contributed by atoms with E-state index in [1.54, 1.807) is 6.07 Å². The largest absolute Gasteiger partial charge is 0.451 e. The maximum Gasteiger partial charge on any atom is 0.287 e. The lowest BCUT2D eigenvalue weighted by atomic mass is 9.92. The van der Waals surface area contributed by atoms with Gasteiger partial charge in [0.25, 0.3) is 5.91 Å². The number of carbonyl (C=O) groups is 1. The number of benzene rings is 1. The third-order valence-corrected chi connectivity index (χ3v) is 4.58. The summed E-state index contributed by atoms with van der Waals surface area (Å²) in [4.78, 5) is 12.3. The molecule has 2 aromatic rings. The number of amides is 1. The first-order chi connectivity index (χ1) is 11.2. The quantitative estimate of drug-likeness (QED) is 0.879. The second-order valence-corrected chi connectivity index (χ2v) is 6.30. The minimum absolute atomic E-state index is 0. The molecule has 5 heteroatoms. The Morgan fingerprint density at radius 3 is 2.42 bits per heavy atom. The number of furan rings is 1. The summed E-state index contributed by atoms with van der Waals surface area (Å²) in [6.07, 6.45) is 4.84. The molecule has 0 radical (unpaired) electrons. The Morgan fingerprint density at radius 1 is 1.12 bits per heavy atom. The molecule has 0 bridgehead atoms. The molecule has 0 aliphatic heterocycles. The number of aryl methyl sites for hydroxylation is 1. The number of hydrogen-bond acceptors (Lipinski definition) is 3. The maximum absolute atomic E-state index is 12.3. The van der Waals surface area contributed by atoms with E-state index in [0.717, 1.165) is 43.4 Å². The van der Waals surface area contributed by atoms with Crippen LogP contribution in [0.2, 0.25) is 0 Å². The van der Waals surface area contributed by atoms with Crippen molar-refractivity contribution in [1.82, 2.24) is 5.32 Å². The zero-order chi connectivity index (χ0) is 16.2. The molecule has 0 unspecified atom stereocenters. The monoisotopic (exact) mass is 348 g/mol. The number of hydrogen-bond donors (Lipinski definition) is 2. The van der Waals surface area contributed by atoms with Crippen molar-refractivity contribution in [3.63, 3.8) is 0 Å². The first kappa shape index (κ1) is 18.6. The Hall–Kier alpha value is -1.78. The first-order valence-corrected chi connectivity index (χ1v) is 8.41. The van der Waals surface area contributed by atoms with E-state index in [0.29, 0.717) is 5.76 Å². The summed E-state index contributed by atoms with van der Waals surface area (Å²) in [6, 6.07) is 12.3. The lowest BCUT2D eigenvalue weighted by molar-refractivity contribution is 0.0898. The number of halogens is 1.